The van der Waals surface area contributed by atoms with E-state index in [4.69, 9.17) is 4.74 Å². The molecule has 5 heteroatoms. The first-order chi connectivity index (χ1) is 7.06. The average molecular weight is 218 g/mol. The number of amides is 2. The number of carbonyl (C=O) groups is 1. The highest BCUT2D eigenvalue weighted by molar-refractivity contribution is 5.73. The third-order valence-corrected chi connectivity index (χ3v) is 1.79. The highest BCUT2D eigenvalue weighted by Gasteiger charge is 2.04. The van der Waals surface area contributed by atoms with E-state index < -0.39 is 6.10 Å². The monoisotopic (exact) mass is 218 g/mol. The zero-order valence-electron chi connectivity index (χ0n) is 9.75. The summed E-state index contributed by atoms with van der Waals surface area (Å²) in [6, 6.07) is -0.187. The predicted octanol–water partition coefficient (Wildman–Crippen LogP) is 0.339. The van der Waals surface area contributed by atoms with Crippen LogP contribution in [0.5, 0.6) is 0 Å². The van der Waals surface area contributed by atoms with Gasteiger partial charge in [0.15, 0.2) is 0 Å². The first-order valence-corrected chi connectivity index (χ1v) is 5.25. The predicted molar refractivity (Wildman–Crippen MR) is 58.7 cm³/mol. The van der Waals surface area contributed by atoms with Crippen LogP contribution in [-0.2, 0) is 4.74 Å². The molecular formula is C10H22N2O3. The Bertz CT molecular complexity index is 174. The molecule has 5 nitrogen and oxygen atoms in total. The van der Waals surface area contributed by atoms with Crippen LogP contribution in [-0.4, -0.2) is 44.0 Å². The van der Waals surface area contributed by atoms with Gasteiger partial charge in [0, 0.05) is 20.2 Å². The van der Waals surface area contributed by atoms with Crippen LogP contribution in [0.25, 0.3) is 0 Å². The van der Waals surface area contributed by atoms with E-state index in [1.807, 2.05) is 13.8 Å². The smallest absolute Gasteiger partial charge is 0.314 e. The van der Waals surface area contributed by atoms with E-state index in [1.165, 1.54) is 7.11 Å². The minimum atomic E-state index is -0.514. The van der Waals surface area contributed by atoms with Crippen LogP contribution in [0.3, 0.4) is 0 Å². The summed E-state index contributed by atoms with van der Waals surface area (Å²) < 4.78 is 4.76. The number of urea groups is 1. The molecule has 0 aromatic carbocycles. The number of hydrogen-bond acceptors (Lipinski definition) is 3. The normalized spacial score (nSPS) is 12.6. The number of ether oxygens (including phenoxy) is 1. The second-order valence-electron chi connectivity index (χ2n) is 3.93. The summed E-state index contributed by atoms with van der Waals surface area (Å²) in [6.45, 7) is 5.47. The lowest BCUT2D eigenvalue weighted by molar-refractivity contribution is 0.0598. The van der Waals surface area contributed by atoms with E-state index in [1.54, 1.807) is 0 Å². The first kappa shape index (κ1) is 14.2. The molecule has 3 N–H and O–H groups in total. The number of rotatable bonds is 7. The van der Waals surface area contributed by atoms with Gasteiger partial charge < -0.3 is 20.5 Å². The molecule has 0 bridgehead atoms. The van der Waals surface area contributed by atoms with Gasteiger partial charge in [0.05, 0.1) is 12.7 Å². The molecular weight excluding hydrogens is 196 g/mol. The standard InChI is InChI=1S/C10H22N2O3/c1-8(2)6-12-10(14)11-5-4-9(13)7-15-3/h8-9,13H,4-7H2,1-3H3,(H2,11,12,14). The number of aliphatic hydroxyl groups excluding tert-OH is 1. The maximum Gasteiger partial charge on any atom is 0.314 e. The Morgan fingerprint density at radius 3 is 2.60 bits per heavy atom. The Balaban J connectivity index is 3.38. The minimum Gasteiger partial charge on any atom is -0.391 e. The number of carbonyl (C=O) groups excluding carboxylic acids is 1. The molecule has 0 aliphatic carbocycles. The zero-order chi connectivity index (χ0) is 11.7. The molecule has 1 atom stereocenters. The van der Waals surface area contributed by atoms with Crippen LogP contribution in [0.1, 0.15) is 20.3 Å². The van der Waals surface area contributed by atoms with Crippen molar-refractivity contribution >= 4 is 6.03 Å². The van der Waals surface area contributed by atoms with Crippen LogP contribution in [0.2, 0.25) is 0 Å². The molecule has 0 aromatic rings. The van der Waals surface area contributed by atoms with Gasteiger partial charge in [-0.15, -0.1) is 0 Å². The number of methoxy groups -OCH3 is 1. The van der Waals surface area contributed by atoms with Gasteiger partial charge in [-0.2, -0.15) is 0 Å². The van der Waals surface area contributed by atoms with Crippen molar-refractivity contribution in [2.45, 2.75) is 26.4 Å². The third kappa shape index (κ3) is 9.49. The Morgan fingerprint density at radius 2 is 2.07 bits per heavy atom. The highest BCUT2D eigenvalue weighted by atomic mass is 16.5. The fourth-order valence-corrected chi connectivity index (χ4v) is 0.987. The van der Waals surface area contributed by atoms with E-state index in [2.05, 4.69) is 10.6 Å². The summed E-state index contributed by atoms with van der Waals surface area (Å²) in [5, 5.41) is 14.7. The van der Waals surface area contributed by atoms with Crippen LogP contribution in [0.15, 0.2) is 0 Å². The molecule has 15 heavy (non-hydrogen) atoms. The van der Waals surface area contributed by atoms with E-state index in [-0.39, 0.29) is 6.03 Å². The van der Waals surface area contributed by atoms with Gasteiger partial charge in [-0.25, -0.2) is 4.79 Å². The SMILES string of the molecule is COCC(O)CCNC(=O)NCC(C)C. The van der Waals surface area contributed by atoms with Crippen molar-refractivity contribution in [3.8, 4) is 0 Å². The van der Waals surface area contributed by atoms with Crippen molar-refractivity contribution in [1.29, 1.82) is 0 Å². The maximum absolute atomic E-state index is 11.2. The quantitative estimate of drug-likeness (QED) is 0.577. The number of hydrogen-bond donors (Lipinski definition) is 3. The molecule has 0 rings (SSSR count). The van der Waals surface area contributed by atoms with Gasteiger partial charge in [0.1, 0.15) is 0 Å². The summed E-state index contributed by atoms with van der Waals surface area (Å²) >= 11 is 0. The second-order valence-corrected chi connectivity index (χ2v) is 3.93. The van der Waals surface area contributed by atoms with Crippen molar-refractivity contribution in [3.63, 3.8) is 0 Å². The molecule has 0 saturated heterocycles. The Hall–Kier alpha value is -0.810. The van der Waals surface area contributed by atoms with E-state index in [0.29, 0.717) is 32.0 Å². The molecule has 0 spiro atoms. The van der Waals surface area contributed by atoms with Crippen molar-refractivity contribution in [3.05, 3.63) is 0 Å². The van der Waals surface area contributed by atoms with Crippen molar-refractivity contribution in [2.75, 3.05) is 26.8 Å². The summed E-state index contributed by atoms with van der Waals surface area (Å²) in [4.78, 5) is 11.2. The molecule has 0 radical (unpaired) electrons. The lowest BCUT2D eigenvalue weighted by Gasteiger charge is -2.11. The summed E-state index contributed by atoms with van der Waals surface area (Å²) in [5.41, 5.74) is 0. The van der Waals surface area contributed by atoms with E-state index >= 15 is 0 Å². The van der Waals surface area contributed by atoms with Crippen LogP contribution in [0.4, 0.5) is 4.79 Å². The largest absolute Gasteiger partial charge is 0.391 e. The topological polar surface area (TPSA) is 70.6 Å². The molecule has 0 aromatic heterocycles. The van der Waals surface area contributed by atoms with Gasteiger partial charge in [-0.3, -0.25) is 0 Å². The van der Waals surface area contributed by atoms with Crippen molar-refractivity contribution in [2.24, 2.45) is 5.92 Å². The van der Waals surface area contributed by atoms with E-state index in [0.717, 1.165) is 0 Å². The molecule has 0 fully saturated rings. The lowest BCUT2D eigenvalue weighted by Crippen LogP contribution is -2.38. The maximum atomic E-state index is 11.2. The summed E-state index contributed by atoms with van der Waals surface area (Å²) in [6.07, 6.45) is -0.0106. The minimum absolute atomic E-state index is 0.187. The first-order valence-electron chi connectivity index (χ1n) is 5.25. The molecule has 1 unspecified atom stereocenters. The lowest BCUT2D eigenvalue weighted by atomic mass is 10.2. The third-order valence-electron chi connectivity index (χ3n) is 1.79. The van der Waals surface area contributed by atoms with Gasteiger partial charge in [-0.1, -0.05) is 13.8 Å². The average Bonchev–Trinajstić information content (AvgIpc) is 2.15. The number of aliphatic hydroxyl groups is 1. The molecule has 0 heterocycles. The van der Waals surface area contributed by atoms with Gasteiger partial charge in [0.25, 0.3) is 0 Å². The molecule has 0 aliphatic rings. The van der Waals surface area contributed by atoms with Crippen LogP contribution < -0.4 is 10.6 Å². The molecule has 2 amide bonds. The zero-order valence-corrected chi connectivity index (χ0v) is 9.75. The van der Waals surface area contributed by atoms with Gasteiger partial charge in [-0.05, 0) is 12.3 Å². The molecule has 90 valence electrons. The van der Waals surface area contributed by atoms with Gasteiger partial charge in [0.2, 0.25) is 0 Å². The second kappa shape index (κ2) is 8.49. The van der Waals surface area contributed by atoms with Crippen LogP contribution >= 0.6 is 0 Å². The summed E-state index contributed by atoms with van der Waals surface area (Å²) in [5.74, 6) is 0.440. The molecule has 0 aliphatic heterocycles. The Labute approximate surface area is 91.2 Å². The van der Waals surface area contributed by atoms with Crippen molar-refractivity contribution in [1.82, 2.24) is 10.6 Å². The van der Waals surface area contributed by atoms with Crippen LogP contribution in [0, 0.1) is 5.92 Å². The fourth-order valence-electron chi connectivity index (χ4n) is 0.987. The Kier molecular flexibility index (Phi) is 8.04. The van der Waals surface area contributed by atoms with Crippen molar-refractivity contribution < 1.29 is 14.6 Å². The molecule has 0 saturated carbocycles. The van der Waals surface area contributed by atoms with Gasteiger partial charge >= 0.3 is 6.03 Å². The number of nitrogens with one attached hydrogen (secondary N) is 2. The fraction of sp³-hybridized carbons (Fsp3) is 0.900. The highest BCUT2D eigenvalue weighted by Crippen LogP contribution is 1.90. The Morgan fingerprint density at radius 1 is 1.40 bits per heavy atom. The van der Waals surface area contributed by atoms with E-state index in [9.17, 15) is 9.90 Å². The summed E-state index contributed by atoms with van der Waals surface area (Å²) in [7, 11) is 1.53.